The Morgan fingerprint density at radius 3 is 2.44 bits per heavy atom. The van der Waals surface area contributed by atoms with Gasteiger partial charge in [-0.1, -0.05) is 48.5 Å². The summed E-state index contributed by atoms with van der Waals surface area (Å²) in [4.78, 5) is 40.5. The van der Waals surface area contributed by atoms with Crippen LogP contribution in [-0.2, 0) is 28.9 Å². The van der Waals surface area contributed by atoms with Crippen molar-refractivity contribution in [1.82, 2.24) is 21.3 Å². The predicted octanol–water partition coefficient (Wildman–Crippen LogP) is 4.04. The van der Waals surface area contributed by atoms with Crippen molar-refractivity contribution in [3.63, 3.8) is 0 Å². The van der Waals surface area contributed by atoms with Crippen molar-refractivity contribution < 1.29 is 37.8 Å². The number of aliphatic hydroxyl groups is 2. The molecule has 6 N–H and O–H groups in total. The van der Waals surface area contributed by atoms with Gasteiger partial charge in [-0.05, 0) is 54.3 Å². The molecule has 0 fully saturated rings. The molecule has 4 rings (SSSR count). The third-order valence-electron chi connectivity index (χ3n) is 7.80. The highest BCUT2D eigenvalue weighted by atomic mass is 32.2. The van der Waals surface area contributed by atoms with E-state index in [1.807, 2.05) is 48.5 Å². The van der Waals surface area contributed by atoms with E-state index in [2.05, 4.69) is 21.3 Å². The van der Waals surface area contributed by atoms with Crippen LogP contribution in [0.25, 0.3) is 11.1 Å². The lowest BCUT2D eigenvalue weighted by molar-refractivity contribution is -0.137. The van der Waals surface area contributed by atoms with Crippen molar-refractivity contribution in [3.8, 4) is 11.1 Å². The minimum Gasteiger partial charge on any atom is -0.394 e. The van der Waals surface area contributed by atoms with Gasteiger partial charge in [0.15, 0.2) is 0 Å². The van der Waals surface area contributed by atoms with Gasteiger partial charge in [0.1, 0.15) is 6.04 Å². The van der Waals surface area contributed by atoms with Gasteiger partial charge in [0.2, 0.25) is 5.91 Å². The first-order valence-electron chi connectivity index (χ1n) is 15.3. The largest absolute Gasteiger partial charge is 0.416 e. The van der Waals surface area contributed by atoms with E-state index in [9.17, 15) is 32.7 Å². The second-order valence-electron chi connectivity index (χ2n) is 12.1. The third kappa shape index (κ3) is 9.72. The number of β-amino-alcohol motifs (C(OH)–C–C–N with tert-alkyl or cyclic N) is 1. The number of hydrogen-bond acceptors (Lipinski definition) is 7. The number of urea groups is 1. The topological polar surface area (TPSA) is 143 Å². The summed E-state index contributed by atoms with van der Waals surface area (Å²) in [5, 5.41) is 29.8. The van der Waals surface area contributed by atoms with Crippen LogP contribution in [0, 0.1) is 0 Å². The van der Waals surface area contributed by atoms with Gasteiger partial charge in [-0.3, -0.25) is 9.59 Å². The molecule has 1 aliphatic rings. The molecule has 0 bridgehead atoms. The summed E-state index contributed by atoms with van der Waals surface area (Å²) in [6, 6.07) is 16.9. The van der Waals surface area contributed by atoms with Gasteiger partial charge in [-0.2, -0.15) is 13.2 Å². The Bertz CT molecular complexity index is 1600. The molecule has 14 heteroatoms. The van der Waals surface area contributed by atoms with Crippen molar-refractivity contribution in [1.29, 1.82) is 0 Å². The summed E-state index contributed by atoms with van der Waals surface area (Å²) in [5.74, 6) is -0.905. The molecular weight excluding hydrogens is 647 g/mol. The van der Waals surface area contributed by atoms with E-state index in [1.54, 1.807) is 13.8 Å². The van der Waals surface area contributed by atoms with E-state index < -0.39 is 47.8 Å². The fraction of sp³-hybridized carbons (Fsp3) is 0.382. The van der Waals surface area contributed by atoms with Crippen LogP contribution in [0.4, 0.5) is 23.7 Å². The number of carbonyl (C=O) groups excluding carboxylic acids is 3. The number of halogens is 3. The number of benzene rings is 3. The zero-order valence-corrected chi connectivity index (χ0v) is 27.7. The maximum absolute atomic E-state index is 14.0. The maximum atomic E-state index is 14.0. The van der Waals surface area contributed by atoms with Crippen LogP contribution in [0.3, 0.4) is 0 Å². The first-order chi connectivity index (χ1) is 22.7. The standard InChI is InChI=1S/C34H40F3N5O5S/c1-33(2,40-17-25(44)19-43)15-30(45)41-27-20-48-29-14-24(34(35,36)37)12-13-28(29)42(31(27)46)18-21-8-10-22(11-9-21)26-7-5-4-6-23(26)16-39-32(47)38-3/h4-14,25,27,40,43-44H,15-20H2,1-3H3,(H,41,45)(H2,38,39,47)/t25-,27+/m0/s1. The van der Waals surface area contributed by atoms with Crippen LogP contribution >= 0.6 is 11.8 Å². The Kier molecular flexibility index (Phi) is 12.1. The molecule has 4 amide bonds. The van der Waals surface area contributed by atoms with Crippen molar-refractivity contribution in [2.45, 2.75) is 62.1 Å². The molecule has 0 saturated heterocycles. The summed E-state index contributed by atoms with van der Waals surface area (Å²) >= 11 is 1.06. The first kappa shape index (κ1) is 36.7. The Morgan fingerprint density at radius 1 is 1.06 bits per heavy atom. The molecule has 0 saturated carbocycles. The number of anilines is 1. The normalized spacial score (nSPS) is 15.7. The molecule has 3 aromatic rings. The van der Waals surface area contributed by atoms with E-state index in [4.69, 9.17) is 5.11 Å². The number of nitrogens with zero attached hydrogens (tertiary/aromatic N) is 1. The van der Waals surface area contributed by atoms with Gasteiger partial charge < -0.3 is 36.4 Å². The first-order valence-corrected chi connectivity index (χ1v) is 16.3. The number of amides is 4. The van der Waals surface area contributed by atoms with Gasteiger partial charge in [-0.25, -0.2) is 4.79 Å². The monoisotopic (exact) mass is 687 g/mol. The SMILES string of the molecule is CNC(=O)NCc1ccccc1-c1ccc(CN2C(=O)[C@H](NC(=O)CC(C)(C)NC[C@H](O)CO)CSc3cc(C(F)(F)F)ccc32)cc1. The number of alkyl halides is 3. The molecule has 0 spiro atoms. The highest BCUT2D eigenvalue weighted by Crippen LogP contribution is 2.40. The Balaban J connectivity index is 1.58. The number of hydrogen-bond donors (Lipinski definition) is 6. The predicted molar refractivity (Wildman–Crippen MR) is 178 cm³/mol. The molecule has 1 aliphatic heterocycles. The number of nitrogens with one attached hydrogen (secondary N) is 4. The lowest BCUT2D eigenvalue weighted by Crippen LogP contribution is -2.52. The Labute approximate surface area is 281 Å². The molecule has 258 valence electrons. The van der Waals surface area contributed by atoms with E-state index in [1.165, 1.54) is 18.0 Å². The highest BCUT2D eigenvalue weighted by Gasteiger charge is 2.36. The van der Waals surface area contributed by atoms with Crippen LogP contribution < -0.4 is 26.2 Å². The van der Waals surface area contributed by atoms with Crippen molar-refractivity contribution in [3.05, 3.63) is 83.4 Å². The van der Waals surface area contributed by atoms with Crippen molar-refractivity contribution >= 4 is 35.3 Å². The molecule has 48 heavy (non-hydrogen) atoms. The van der Waals surface area contributed by atoms with Crippen LogP contribution in [0.15, 0.2) is 71.6 Å². The van der Waals surface area contributed by atoms with E-state index in [0.717, 1.165) is 40.6 Å². The van der Waals surface area contributed by atoms with E-state index >= 15 is 0 Å². The number of aliphatic hydroxyl groups excluding tert-OH is 2. The molecule has 2 atom stereocenters. The fourth-order valence-corrected chi connectivity index (χ4v) is 6.32. The number of thioether (sulfide) groups is 1. The average molecular weight is 688 g/mol. The van der Waals surface area contributed by atoms with Crippen molar-refractivity contribution in [2.24, 2.45) is 0 Å². The summed E-state index contributed by atoms with van der Waals surface area (Å²) in [6.07, 6.45) is -5.64. The number of fused-ring (bicyclic) bond motifs is 1. The lowest BCUT2D eigenvalue weighted by atomic mass is 9.98. The average Bonchev–Trinajstić information content (AvgIpc) is 3.18. The zero-order chi connectivity index (χ0) is 35.1. The second kappa shape index (κ2) is 15.9. The molecule has 0 radical (unpaired) electrons. The van der Waals surface area contributed by atoms with Gasteiger partial charge in [0, 0.05) is 42.7 Å². The molecule has 3 aromatic carbocycles. The Morgan fingerprint density at radius 2 is 1.77 bits per heavy atom. The van der Waals surface area contributed by atoms with Crippen LogP contribution in [0.1, 0.15) is 37.0 Å². The molecule has 0 aliphatic carbocycles. The quantitative estimate of drug-likeness (QED) is 0.169. The zero-order valence-electron chi connectivity index (χ0n) is 26.9. The van der Waals surface area contributed by atoms with Gasteiger partial charge >= 0.3 is 12.2 Å². The second-order valence-corrected chi connectivity index (χ2v) is 13.2. The molecule has 10 nitrogen and oxygen atoms in total. The smallest absolute Gasteiger partial charge is 0.394 e. The summed E-state index contributed by atoms with van der Waals surface area (Å²) in [7, 11) is 1.53. The van der Waals surface area contributed by atoms with Crippen LogP contribution in [0.5, 0.6) is 0 Å². The highest BCUT2D eigenvalue weighted by molar-refractivity contribution is 7.99. The van der Waals surface area contributed by atoms with Crippen LogP contribution in [-0.4, -0.2) is 71.7 Å². The molecule has 0 unspecified atom stereocenters. The summed E-state index contributed by atoms with van der Waals surface area (Å²) < 4.78 is 40.9. The molecular formula is C34H40F3N5O5S. The number of carbonyl (C=O) groups is 3. The lowest BCUT2D eigenvalue weighted by Gasteiger charge is -2.29. The van der Waals surface area contributed by atoms with Gasteiger partial charge in [0.25, 0.3) is 5.91 Å². The van der Waals surface area contributed by atoms with Crippen molar-refractivity contribution in [2.75, 3.05) is 30.9 Å². The molecule has 0 aromatic heterocycles. The third-order valence-corrected chi connectivity index (χ3v) is 8.94. The fourth-order valence-electron chi connectivity index (χ4n) is 5.21. The Hall–Kier alpha value is -4.11. The minimum absolute atomic E-state index is 0.0201. The molecule has 1 heterocycles. The maximum Gasteiger partial charge on any atom is 0.416 e. The van der Waals surface area contributed by atoms with E-state index in [0.29, 0.717) is 17.8 Å². The summed E-state index contributed by atoms with van der Waals surface area (Å²) in [5.41, 5.74) is 2.06. The van der Waals surface area contributed by atoms with Gasteiger partial charge in [0.05, 0.1) is 30.5 Å². The number of rotatable bonds is 12. The van der Waals surface area contributed by atoms with E-state index in [-0.39, 0.29) is 36.2 Å². The summed E-state index contributed by atoms with van der Waals surface area (Å²) in [6.45, 7) is 3.43. The minimum atomic E-state index is -4.57. The van der Waals surface area contributed by atoms with Gasteiger partial charge in [-0.15, -0.1) is 11.8 Å². The van der Waals surface area contributed by atoms with Crippen LogP contribution in [0.2, 0.25) is 0 Å².